The highest BCUT2D eigenvalue weighted by Crippen LogP contribution is 2.41. The molecule has 0 aliphatic heterocycles. The van der Waals surface area contributed by atoms with Crippen LogP contribution in [0.3, 0.4) is 0 Å². The van der Waals surface area contributed by atoms with Crippen molar-refractivity contribution < 1.29 is 0 Å². The van der Waals surface area contributed by atoms with Gasteiger partial charge in [-0.2, -0.15) is 0 Å². The van der Waals surface area contributed by atoms with E-state index in [1.165, 1.54) is 30.5 Å². The molecule has 94 valence electrons. The molecule has 0 spiro atoms. The zero-order valence-corrected chi connectivity index (χ0v) is 11.1. The van der Waals surface area contributed by atoms with Gasteiger partial charge in [0, 0.05) is 24.2 Å². The lowest BCUT2D eigenvalue weighted by Crippen LogP contribution is -2.47. The Balaban J connectivity index is 2.11. The van der Waals surface area contributed by atoms with Gasteiger partial charge >= 0.3 is 0 Å². The van der Waals surface area contributed by atoms with Gasteiger partial charge in [-0.1, -0.05) is 18.6 Å². The molecular weight excluding hydrogens is 208 g/mol. The second-order valence-corrected chi connectivity index (χ2v) is 5.41. The summed E-state index contributed by atoms with van der Waals surface area (Å²) >= 11 is 0. The minimum atomic E-state index is 0.389. The molecule has 17 heavy (non-hydrogen) atoms. The zero-order valence-electron chi connectivity index (χ0n) is 11.1. The Morgan fingerprint density at radius 1 is 1.35 bits per heavy atom. The van der Waals surface area contributed by atoms with Crippen molar-refractivity contribution in [3.05, 3.63) is 29.8 Å². The van der Waals surface area contributed by atoms with Crippen molar-refractivity contribution in [2.24, 2.45) is 11.1 Å². The summed E-state index contributed by atoms with van der Waals surface area (Å²) in [6.07, 6.45) is 3.94. The van der Waals surface area contributed by atoms with Crippen LogP contribution in [-0.4, -0.2) is 19.6 Å². The molecule has 0 atom stereocenters. The van der Waals surface area contributed by atoms with E-state index in [2.05, 4.69) is 43.0 Å². The third kappa shape index (κ3) is 2.63. The average Bonchev–Trinajstić information content (AvgIpc) is 2.29. The van der Waals surface area contributed by atoms with E-state index in [0.717, 1.165) is 19.6 Å². The molecule has 1 fully saturated rings. The van der Waals surface area contributed by atoms with Gasteiger partial charge < -0.3 is 10.6 Å². The Bertz CT molecular complexity index is 363. The first kappa shape index (κ1) is 12.4. The molecule has 2 nitrogen and oxygen atoms in total. The second-order valence-electron chi connectivity index (χ2n) is 5.41. The SMILES string of the molecule is CCN(CC1(CN)CCC1)c1cccc(C)c1. The third-order valence-corrected chi connectivity index (χ3v) is 4.12. The van der Waals surface area contributed by atoms with Crippen molar-refractivity contribution in [3.8, 4) is 0 Å². The largest absolute Gasteiger partial charge is 0.371 e. The molecule has 0 bridgehead atoms. The first-order valence-corrected chi connectivity index (χ1v) is 6.71. The fourth-order valence-electron chi connectivity index (χ4n) is 2.72. The van der Waals surface area contributed by atoms with Crippen molar-refractivity contribution in [1.82, 2.24) is 0 Å². The fourth-order valence-corrected chi connectivity index (χ4v) is 2.72. The topological polar surface area (TPSA) is 29.3 Å². The van der Waals surface area contributed by atoms with Gasteiger partial charge in [0.05, 0.1) is 0 Å². The van der Waals surface area contributed by atoms with Crippen LogP contribution in [0.25, 0.3) is 0 Å². The number of aryl methyl sites for hydroxylation is 1. The summed E-state index contributed by atoms with van der Waals surface area (Å²) in [6.45, 7) is 7.38. The quantitative estimate of drug-likeness (QED) is 0.845. The van der Waals surface area contributed by atoms with E-state index in [4.69, 9.17) is 5.73 Å². The summed E-state index contributed by atoms with van der Waals surface area (Å²) in [5.41, 5.74) is 9.01. The molecule has 1 aliphatic rings. The Morgan fingerprint density at radius 2 is 2.12 bits per heavy atom. The molecule has 0 heterocycles. The van der Waals surface area contributed by atoms with Gasteiger partial charge in [0.1, 0.15) is 0 Å². The predicted octanol–water partition coefficient (Wildman–Crippen LogP) is 2.95. The van der Waals surface area contributed by atoms with Crippen LogP contribution in [0.15, 0.2) is 24.3 Å². The van der Waals surface area contributed by atoms with Crippen LogP contribution < -0.4 is 10.6 Å². The van der Waals surface area contributed by atoms with Crippen LogP contribution in [-0.2, 0) is 0 Å². The first-order chi connectivity index (χ1) is 8.19. The number of benzene rings is 1. The molecule has 1 aromatic carbocycles. The van der Waals surface area contributed by atoms with Crippen LogP contribution in [0.1, 0.15) is 31.7 Å². The highest BCUT2D eigenvalue weighted by atomic mass is 15.1. The van der Waals surface area contributed by atoms with E-state index in [1.807, 2.05) is 0 Å². The summed E-state index contributed by atoms with van der Waals surface area (Å²) in [7, 11) is 0. The summed E-state index contributed by atoms with van der Waals surface area (Å²) in [5, 5.41) is 0. The molecule has 0 amide bonds. The Labute approximate surface area is 105 Å². The number of nitrogens with two attached hydrogens (primary N) is 1. The zero-order chi connectivity index (χ0) is 12.3. The maximum Gasteiger partial charge on any atom is 0.0368 e. The molecule has 0 saturated heterocycles. The van der Waals surface area contributed by atoms with Crippen molar-refractivity contribution in [2.75, 3.05) is 24.5 Å². The molecule has 1 aliphatic carbocycles. The molecular formula is C15H24N2. The first-order valence-electron chi connectivity index (χ1n) is 6.71. The van der Waals surface area contributed by atoms with Crippen LogP contribution in [0.4, 0.5) is 5.69 Å². The van der Waals surface area contributed by atoms with Crippen molar-refractivity contribution >= 4 is 5.69 Å². The Hall–Kier alpha value is -1.02. The smallest absolute Gasteiger partial charge is 0.0368 e. The van der Waals surface area contributed by atoms with E-state index in [-0.39, 0.29) is 0 Å². The Kier molecular flexibility index (Phi) is 3.72. The number of hydrogen-bond acceptors (Lipinski definition) is 2. The van der Waals surface area contributed by atoms with Gasteiger partial charge in [-0.25, -0.2) is 0 Å². The minimum absolute atomic E-state index is 0.389. The van der Waals surface area contributed by atoms with Crippen LogP contribution in [0.2, 0.25) is 0 Å². The number of nitrogens with zero attached hydrogens (tertiary/aromatic N) is 1. The van der Waals surface area contributed by atoms with E-state index in [1.54, 1.807) is 0 Å². The highest BCUT2D eigenvalue weighted by Gasteiger charge is 2.36. The van der Waals surface area contributed by atoms with Crippen LogP contribution in [0, 0.1) is 12.3 Å². The molecule has 2 heteroatoms. The minimum Gasteiger partial charge on any atom is -0.371 e. The average molecular weight is 232 g/mol. The monoisotopic (exact) mass is 232 g/mol. The summed E-state index contributed by atoms with van der Waals surface area (Å²) in [6, 6.07) is 8.77. The second kappa shape index (κ2) is 5.09. The summed E-state index contributed by atoms with van der Waals surface area (Å²) in [5.74, 6) is 0. The predicted molar refractivity (Wildman–Crippen MR) is 74.4 cm³/mol. The normalized spacial score (nSPS) is 17.6. The molecule has 2 N–H and O–H groups in total. The Morgan fingerprint density at radius 3 is 2.59 bits per heavy atom. The maximum absolute atomic E-state index is 5.95. The molecule has 0 radical (unpaired) electrons. The lowest BCUT2D eigenvalue weighted by Gasteiger charge is -2.45. The van der Waals surface area contributed by atoms with Crippen molar-refractivity contribution in [1.29, 1.82) is 0 Å². The van der Waals surface area contributed by atoms with E-state index >= 15 is 0 Å². The molecule has 1 aromatic rings. The van der Waals surface area contributed by atoms with Crippen LogP contribution in [0.5, 0.6) is 0 Å². The van der Waals surface area contributed by atoms with Crippen LogP contribution >= 0.6 is 0 Å². The van der Waals surface area contributed by atoms with E-state index in [9.17, 15) is 0 Å². The van der Waals surface area contributed by atoms with Crippen molar-refractivity contribution in [3.63, 3.8) is 0 Å². The van der Waals surface area contributed by atoms with Gasteiger partial charge in [0.25, 0.3) is 0 Å². The van der Waals surface area contributed by atoms with Crippen molar-refractivity contribution in [2.45, 2.75) is 33.1 Å². The standard InChI is InChI=1S/C15H24N2/c1-3-17(12-15(11-16)8-5-9-15)14-7-4-6-13(2)10-14/h4,6-7,10H,3,5,8-9,11-12,16H2,1-2H3. The van der Waals surface area contributed by atoms with Gasteiger partial charge in [0.15, 0.2) is 0 Å². The van der Waals surface area contributed by atoms with Gasteiger partial charge in [-0.15, -0.1) is 0 Å². The molecule has 0 aromatic heterocycles. The number of hydrogen-bond donors (Lipinski definition) is 1. The van der Waals surface area contributed by atoms with E-state index in [0.29, 0.717) is 5.41 Å². The lowest BCUT2D eigenvalue weighted by molar-refractivity contribution is 0.152. The summed E-state index contributed by atoms with van der Waals surface area (Å²) < 4.78 is 0. The fraction of sp³-hybridized carbons (Fsp3) is 0.600. The molecule has 2 rings (SSSR count). The van der Waals surface area contributed by atoms with E-state index < -0.39 is 0 Å². The highest BCUT2D eigenvalue weighted by molar-refractivity contribution is 5.48. The number of anilines is 1. The molecule has 0 unspecified atom stereocenters. The number of rotatable bonds is 5. The van der Waals surface area contributed by atoms with Gasteiger partial charge in [0.2, 0.25) is 0 Å². The lowest BCUT2D eigenvalue weighted by atomic mass is 9.68. The van der Waals surface area contributed by atoms with Gasteiger partial charge in [-0.05, 0) is 50.9 Å². The third-order valence-electron chi connectivity index (χ3n) is 4.12. The molecule has 1 saturated carbocycles. The van der Waals surface area contributed by atoms with Gasteiger partial charge in [-0.3, -0.25) is 0 Å². The summed E-state index contributed by atoms with van der Waals surface area (Å²) in [4.78, 5) is 2.47. The maximum atomic E-state index is 5.95.